The average molecular weight is 342 g/mol. The first kappa shape index (κ1) is 10.5. The molecular weight excluding hydrogens is 334 g/mol. The minimum absolute atomic E-state index is 0.488. The van der Waals surface area contributed by atoms with Gasteiger partial charge < -0.3 is 0 Å². The molecule has 0 aliphatic carbocycles. The second kappa shape index (κ2) is 4.61. The van der Waals surface area contributed by atoms with E-state index in [1.54, 1.807) is 0 Å². The summed E-state index contributed by atoms with van der Waals surface area (Å²) < 4.78 is 1.95. The van der Waals surface area contributed by atoms with Gasteiger partial charge in [-0.25, -0.2) is 0 Å². The molecule has 0 aromatic heterocycles. The third-order valence-corrected chi connectivity index (χ3v) is 13.4. The molecule has 6 heteroatoms. The van der Waals surface area contributed by atoms with Crippen LogP contribution in [0.15, 0.2) is 0 Å². The summed E-state index contributed by atoms with van der Waals surface area (Å²) in [4.78, 5) is 0. The van der Waals surface area contributed by atoms with Crippen molar-refractivity contribution in [1.29, 1.82) is 0 Å². The Bertz CT molecular complexity index is 95.8. The van der Waals surface area contributed by atoms with E-state index in [2.05, 4.69) is 50.5 Å². The van der Waals surface area contributed by atoms with Gasteiger partial charge in [-0.15, -0.1) is 0 Å². The van der Waals surface area contributed by atoms with Crippen LogP contribution in [0.1, 0.15) is 0 Å². The van der Waals surface area contributed by atoms with Gasteiger partial charge in [0.15, 0.2) is 0 Å². The van der Waals surface area contributed by atoms with Crippen molar-refractivity contribution >= 4 is 80.4 Å². The van der Waals surface area contributed by atoms with E-state index in [1.165, 1.54) is 0 Å². The fraction of sp³-hybridized carbons (Fsp3) is 1.00. The van der Waals surface area contributed by atoms with Gasteiger partial charge in [0, 0.05) is 0 Å². The van der Waals surface area contributed by atoms with Crippen LogP contribution >= 0.6 is 50.5 Å². The van der Waals surface area contributed by atoms with Gasteiger partial charge in [-0.1, -0.05) is 0 Å². The third-order valence-electron chi connectivity index (χ3n) is 1.05. The zero-order valence-electron chi connectivity index (χ0n) is 4.91. The topological polar surface area (TPSA) is 0 Å². The standard InChI is InChI=1S/C4H8S4Se2/c5-1-2(6)10-4(8)3(7)9-1/h1-8H. The summed E-state index contributed by atoms with van der Waals surface area (Å²) in [5, 5.41) is 0. The molecular formula is C4H8S4Se2. The molecule has 0 aromatic carbocycles. The van der Waals surface area contributed by atoms with Crippen molar-refractivity contribution in [3.05, 3.63) is 0 Å². The molecule has 4 unspecified atom stereocenters. The average Bonchev–Trinajstić information content (AvgIpc) is 1.84. The van der Waals surface area contributed by atoms with E-state index < -0.39 is 0 Å². The number of hydrogen-bond acceptors (Lipinski definition) is 4. The quantitative estimate of drug-likeness (QED) is 0.356. The van der Waals surface area contributed by atoms with Crippen LogP contribution in [0.2, 0.25) is 0 Å². The van der Waals surface area contributed by atoms with Crippen molar-refractivity contribution in [3.63, 3.8) is 0 Å². The van der Waals surface area contributed by atoms with Crippen molar-refractivity contribution in [2.75, 3.05) is 0 Å². The number of rotatable bonds is 0. The molecule has 0 N–H and O–H groups in total. The molecule has 1 saturated heterocycles. The van der Waals surface area contributed by atoms with E-state index in [0.29, 0.717) is 46.5 Å². The molecule has 0 bridgehead atoms. The Balaban J connectivity index is 2.46. The van der Waals surface area contributed by atoms with Crippen molar-refractivity contribution in [3.8, 4) is 0 Å². The first-order valence-corrected chi connectivity index (χ1v) is 8.66. The maximum atomic E-state index is 4.44. The van der Waals surface area contributed by atoms with Gasteiger partial charge in [-0.05, 0) is 0 Å². The zero-order valence-corrected chi connectivity index (χ0v) is 11.9. The predicted molar refractivity (Wildman–Crippen MR) is 62.6 cm³/mol. The summed E-state index contributed by atoms with van der Waals surface area (Å²) in [6.07, 6.45) is 0. The van der Waals surface area contributed by atoms with Crippen LogP contribution < -0.4 is 0 Å². The molecule has 1 fully saturated rings. The summed E-state index contributed by atoms with van der Waals surface area (Å²) in [5.74, 6) is 0. The Kier molecular flexibility index (Phi) is 4.85. The first-order chi connectivity index (χ1) is 4.61. The fourth-order valence-corrected chi connectivity index (χ4v) is 10.9. The Labute approximate surface area is 96.0 Å². The van der Waals surface area contributed by atoms with Gasteiger partial charge >= 0.3 is 97.0 Å². The first-order valence-electron chi connectivity index (χ1n) is 2.64. The molecule has 10 heavy (non-hydrogen) atoms. The van der Waals surface area contributed by atoms with E-state index in [1.807, 2.05) is 0 Å². The van der Waals surface area contributed by atoms with Crippen LogP contribution in [0, 0.1) is 0 Å². The molecule has 0 radical (unpaired) electrons. The van der Waals surface area contributed by atoms with Crippen LogP contribution in [-0.2, 0) is 0 Å². The minimum atomic E-state index is 0.488. The van der Waals surface area contributed by atoms with Crippen LogP contribution in [0.3, 0.4) is 0 Å². The molecule has 60 valence electrons. The van der Waals surface area contributed by atoms with Gasteiger partial charge in [-0.2, -0.15) is 0 Å². The molecule has 1 aliphatic rings. The second-order valence-corrected chi connectivity index (χ2v) is 12.6. The van der Waals surface area contributed by atoms with Gasteiger partial charge in [0.25, 0.3) is 0 Å². The van der Waals surface area contributed by atoms with E-state index in [0.717, 1.165) is 0 Å². The summed E-state index contributed by atoms with van der Waals surface area (Å²) in [7, 11) is 0. The Morgan fingerprint density at radius 2 is 0.800 bits per heavy atom. The molecule has 0 saturated carbocycles. The fourth-order valence-electron chi connectivity index (χ4n) is 0.555. The van der Waals surface area contributed by atoms with Crippen LogP contribution in [0.25, 0.3) is 0 Å². The van der Waals surface area contributed by atoms with Crippen LogP contribution in [-0.4, -0.2) is 46.5 Å². The molecule has 1 aliphatic heterocycles. The van der Waals surface area contributed by atoms with Crippen molar-refractivity contribution < 1.29 is 0 Å². The van der Waals surface area contributed by atoms with E-state index in [-0.39, 0.29) is 0 Å². The van der Waals surface area contributed by atoms with Crippen LogP contribution in [0.4, 0.5) is 0 Å². The third kappa shape index (κ3) is 2.74. The van der Waals surface area contributed by atoms with E-state index in [9.17, 15) is 0 Å². The molecule has 1 rings (SSSR count). The molecule has 0 aromatic rings. The maximum absolute atomic E-state index is 4.44. The Morgan fingerprint density at radius 3 is 1.00 bits per heavy atom. The predicted octanol–water partition coefficient (Wildman–Crippen LogP) is 0.432. The molecule has 0 nitrogen and oxygen atoms in total. The summed E-state index contributed by atoms with van der Waals surface area (Å²) >= 11 is 18.8. The summed E-state index contributed by atoms with van der Waals surface area (Å²) in [6, 6.07) is 0. The Morgan fingerprint density at radius 1 is 0.600 bits per heavy atom. The van der Waals surface area contributed by atoms with E-state index >= 15 is 0 Å². The van der Waals surface area contributed by atoms with Crippen molar-refractivity contribution in [2.45, 2.75) is 16.6 Å². The zero-order chi connectivity index (χ0) is 7.72. The monoisotopic (exact) mass is 344 g/mol. The number of hydrogen-bond donors (Lipinski definition) is 4. The van der Waals surface area contributed by atoms with Gasteiger partial charge in [0.05, 0.1) is 0 Å². The van der Waals surface area contributed by atoms with Crippen molar-refractivity contribution in [1.82, 2.24) is 0 Å². The molecule has 4 atom stereocenters. The molecule has 1 heterocycles. The van der Waals surface area contributed by atoms with Gasteiger partial charge in [0.2, 0.25) is 0 Å². The van der Waals surface area contributed by atoms with Crippen LogP contribution in [0.5, 0.6) is 0 Å². The Hall–Kier alpha value is 2.44. The second-order valence-electron chi connectivity index (χ2n) is 1.83. The number of thiol groups is 4. The summed E-state index contributed by atoms with van der Waals surface area (Å²) in [6.45, 7) is 0. The normalized spacial score (nSPS) is 49.2. The summed E-state index contributed by atoms with van der Waals surface area (Å²) in [5.41, 5.74) is 0. The SMILES string of the molecule is SC1[Se]C(S)C(S)[Se]C1S. The van der Waals surface area contributed by atoms with Gasteiger partial charge in [-0.3, -0.25) is 0 Å². The molecule has 0 spiro atoms. The molecule has 0 amide bonds. The van der Waals surface area contributed by atoms with E-state index in [4.69, 9.17) is 0 Å². The van der Waals surface area contributed by atoms with Gasteiger partial charge in [0.1, 0.15) is 0 Å². The van der Waals surface area contributed by atoms with Crippen molar-refractivity contribution in [2.24, 2.45) is 0 Å².